The second-order valence-electron chi connectivity index (χ2n) is 4.08. The Kier molecular flexibility index (Phi) is 5.11. The highest BCUT2D eigenvalue weighted by molar-refractivity contribution is 5.92. The van der Waals surface area contributed by atoms with E-state index in [1.54, 1.807) is 0 Å². The summed E-state index contributed by atoms with van der Waals surface area (Å²) in [6, 6.07) is 2.70. The number of aromatic amines is 1. The summed E-state index contributed by atoms with van der Waals surface area (Å²) in [6.07, 6.45) is 1.05. The fourth-order valence-electron chi connectivity index (χ4n) is 1.84. The van der Waals surface area contributed by atoms with Crippen molar-refractivity contribution in [3.05, 3.63) is 27.9 Å². The molecule has 2 rings (SSSR count). The number of H-pyrrole nitrogens is 1. The molecule has 0 aliphatic carbocycles. The summed E-state index contributed by atoms with van der Waals surface area (Å²) >= 11 is 0. The quantitative estimate of drug-likeness (QED) is 0.555. The van der Waals surface area contributed by atoms with Crippen LogP contribution in [0.2, 0.25) is 0 Å². The van der Waals surface area contributed by atoms with E-state index in [4.69, 9.17) is 0 Å². The van der Waals surface area contributed by atoms with Gasteiger partial charge in [0.05, 0.1) is 0 Å². The van der Waals surface area contributed by atoms with E-state index in [2.05, 4.69) is 15.6 Å². The smallest absolute Gasteiger partial charge is 0.321 e. The third-order valence-corrected chi connectivity index (χ3v) is 2.83. The van der Waals surface area contributed by atoms with Gasteiger partial charge >= 0.3 is 5.82 Å². The molecule has 0 saturated carbocycles. The first kappa shape index (κ1) is 14.5. The fourth-order valence-corrected chi connectivity index (χ4v) is 1.84. The van der Waals surface area contributed by atoms with Gasteiger partial charge in [0.25, 0.3) is 5.91 Å². The number of nitro groups is 1. The predicted octanol–water partition coefficient (Wildman–Crippen LogP) is 0.684. The molecule has 100 valence electrons. The lowest BCUT2D eigenvalue weighted by atomic mass is 10.1. The van der Waals surface area contributed by atoms with Crippen LogP contribution >= 0.6 is 12.4 Å². The third-order valence-electron chi connectivity index (χ3n) is 2.83. The van der Waals surface area contributed by atoms with Gasteiger partial charge in [-0.1, -0.05) is 0 Å². The lowest BCUT2D eigenvalue weighted by Crippen LogP contribution is -2.30. The first-order valence-corrected chi connectivity index (χ1v) is 5.49. The van der Waals surface area contributed by atoms with Crippen LogP contribution in [0.1, 0.15) is 16.9 Å². The molecule has 1 atom stereocenters. The van der Waals surface area contributed by atoms with E-state index < -0.39 is 4.92 Å². The van der Waals surface area contributed by atoms with Gasteiger partial charge in [-0.15, -0.1) is 12.4 Å². The Morgan fingerprint density at radius 1 is 1.56 bits per heavy atom. The lowest BCUT2D eigenvalue weighted by Gasteiger charge is -2.07. The van der Waals surface area contributed by atoms with Crippen molar-refractivity contribution in [3.8, 4) is 0 Å². The maximum absolute atomic E-state index is 11.7. The van der Waals surface area contributed by atoms with E-state index >= 15 is 0 Å². The molecule has 1 aliphatic rings. The molecule has 2 heterocycles. The molecule has 0 spiro atoms. The number of halogens is 1. The van der Waals surface area contributed by atoms with E-state index in [0.717, 1.165) is 19.5 Å². The van der Waals surface area contributed by atoms with E-state index in [0.29, 0.717) is 12.5 Å². The van der Waals surface area contributed by atoms with Gasteiger partial charge in [-0.2, -0.15) is 0 Å². The van der Waals surface area contributed by atoms with Crippen molar-refractivity contribution in [1.82, 2.24) is 15.6 Å². The first-order valence-electron chi connectivity index (χ1n) is 5.49. The summed E-state index contributed by atoms with van der Waals surface area (Å²) in [6.45, 7) is 2.48. The number of nitrogens with one attached hydrogen (secondary N) is 3. The van der Waals surface area contributed by atoms with Crippen molar-refractivity contribution in [2.24, 2.45) is 5.92 Å². The number of rotatable bonds is 4. The number of hydrogen-bond donors (Lipinski definition) is 3. The second-order valence-corrected chi connectivity index (χ2v) is 4.08. The van der Waals surface area contributed by atoms with Crippen LogP contribution < -0.4 is 10.6 Å². The van der Waals surface area contributed by atoms with E-state index in [1.165, 1.54) is 12.1 Å². The van der Waals surface area contributed by atoms with Crippen LogP contribution in [-0.4, -0.2) is 35.4 Å². The van der Waals surface area contributed by atoms with Gasteiger partial charge in [-0.3, -0.25) is 4.79 Å². The van der Waals surface area contributed by atoms with Crippen molar-refractivity contribution < 1.29 is 9.72 Å². The normalized spacial score (nSPS) is 18.1. The molecule has 1 fully saturated rings. The molecular weight excluding hydrogens is 260 g/mol. The Morgan fingerprint density at radius 3 is 2.89 bits per heavy atom. The van der Waals surface area contributed by atoms with Crippen molar-refractivity contribution >= 4 is 24.1 Å². The van der Waals surface area contributed by atoms with Crippen LogP contribution in [0.3, 0.4) is 0 Å². The predicted molar refractivity (Wildman–Crippen MR) is 68.0 cm³/mol. The highest BCUT2D eigenvalue weighted by Crippen LogP contribution is 2.10. The van der Waals surface area contributed by atoms with Crippen molar-refractivity contribution in [1.29, 1.82) is 0 Å². The summed E-state index contributed by atoms with van der Waals surface area (Å²) in [5.41, 5.74) is 0.225. The molecule has 1 unspecified atom stereocenters. The van der Waals surface area contributed by atoms with Gasteiger partial charge in [0.2, 0.25) is 0 Å². The van der Waals surface area contributed by atoms with Crippen LogP contribution in [-0.2, 0) is 0 Å². The molecular formula is C10H15ClN4O3. The topological polar surface area (TPSA) is 100 Å². The van der Waals surface area contributed by atoms with E-state index in [-0.39, 0.29) is 29.8 Å². The highest BCUT2D eigenvalue weighted by Gasteiger charge is 2.18. The zero-order valence-corrected chi connectivity index (χ0v) is 10.5. The van der Waals surface area contributed by atoms with E-state index in [1.807, 2.05) is 0 Å². The largest absolute Gasteiger partial charge is 0.358 e. The van der Waals surface area contributed by atoms with Gasteiger partial charge in [-0.25, -0.2) is 4.98 Å². The van der Waals surface area contributed by atoms with Crippen molar-refractivity contribution in [2.75, 3.05) is 19.6 Å². The molecule has 7 nitrogen and oxygen atoms in total. The fraction of sp³-hybridized carbons (Fsp3) is 0.500. The maximum atomic E-state index is 11.7. The van der Waals surface area contributed by atoms with Gasteiger partial charge in [0.15, 0.2) is 5.69 Å². The standard InChI is InChI=1S/C10H14N4O3.ClH/c15-10(12-6-7-3-4-11-5-7)8-1-2-9(13-8)14(16)17;/h1-2,7,11,13H,3-6H2,(H,12,15);1H. The number of carbonyl (C=O) groups is 1. The molecule has 0 radical (unpaired) electrons. The Balaban J connectivity index is 0.00000162. The van der Waals surface area contributed by atoms with Gasteiger partial charge in [0, 0.05) is 12.6 Å². The zero-order valence-electron chi connectivity index (χ0n) is 9.64. The van der Waals surface area contributed by atoms with Crippen LogP contribution in [0.25, 0.3) is 0 Å². The molecule has 1 aliphatic heterocycles. The molecule has 18 heavy (non-hydrogen) atoms. The number of aromatic nitrogens is 1. The van der Waals surface area contributed by atoms with Gasteiger partial charge < -0.3 is 20.7 Å². The summed E-state index contributed by atoms with van der Waals surface area (Å²) < 4.78 is 0. The highest BCUT2D eigenvalue weighted by atomic mass is 35.5. The molecule has 1 aromatic rings. The first-order chi connectivity index (χ1) is 8.16. The van der Waals surface area contributed by atoms with Gasteiger partial charge in [0.1, 0.15) is 0 Å². The minimum absolute atomic E-state index is 0. The molecule has 1 aromatic heterocycles. The van der Waals surface area contributed by atoms with Crippen LogP contribution in [0.15, 0.2) is 12.1 Å². The van der Waals surface area contributed by atoms with Crippen molar-refractivity contribution in [3.63, 3.8) is 0 Å². The third kappa shape index (κ3) is 3.44. The number of amides is 1. The number of carbonyl (C=O) groups excluding carboxylic acids is 1. The average Bonchev–Trinajstić information content (AvgIpc) is 2.96. The molecule has 0 bridgehead atoms. The Morgan fingerprint density at radius 2 is 2.33 bits per heavy atom. The Labute approximate surface area is 110 Å². The molecule has 1 amide bonds. The van der Waals surface area contributed by atoms with Crippen LogP contribution in [0.5, 0.6) is 0 Å². The van der Waals surface area contributed by atoms with Gasteiger partial charge in [-0.05, 0) is 36.4 Å². The zero-order chi connectivity index (χ0) is 12.3. The number of nitrogens with zero attached hydrogens (tertiary/aromatic N) is 1. The second kappa shape index (κ2) is 6.36. The molecule has 1 saturated heterocycles. The number of hydrogen-bond acceptors (Lipinski definition) is 4. The average molecular weight is 275 g/mol. The SMILES string of the molecule is Cl.O=C(NCC1CCNC1)c1ccc([N+](=O)[O-])[nH]1. The van der Waals surface area contributed by atoms with Crippen LogP contribution in [0.4, 0.5) is 5.82 Å². The Bertz CT molecular complexity index is 429. The summed E-state index contributed by atoms with van der Waals surface area (Å²) in [7, 11) is 0. The maximum Gasteiger partial charge on any atom is 0.321 e. The van der Waals surface area contributed by atoms with E-state index in [9.17, 15) is 14.9 Å². The molecule has 3 N–H and O–H groups in total. The monoisotopic (exact) mass is 274 g/mol. The lowest BCUT2D eigenvalue weighted by molar-refractivity contribution is -0.389. The summed E-state index contributed by atoms with van der Waals surface area (Å²) in [5, 5.41) is 16.4. The summed E-state index contributed by atoms with van der Waals surface area (Å²) in [4.78, 5) is 24.0. The van der Waals surface area contributed by atoms with Crippen LogP contribution in [0, 0.1) is 16.0 Å². The van der Waals surface area contributed by atoms with Crippen molar-refractivity contribution in [2.45, 2.75) is 6.42 Å². The molecule has 8 heteroatoms. The summed E-state index contributed by atoms with van der Waals surface area (Å²) in [5.74, 6) is -0.0217. The minimum atomic E-state index is -0.558. The minimum Gasteiger partial charge on any atom is -0.358 e. The Hall–Kier alpha value is -1.60. The molecule has 0 aromatic carbocycles.